The van der Waals surface area contributed by atoms with Gasteiger partial charge in [0, 0.05) is 18.5 Å². The van der Waals surface area contributed by atoms with Crippen LogP contribution in [0.4, 0.5) is 0 Å². The molecule has 0 fully saturated rings. The van der Waals surface area contributed by atoms with Gasteiger partial charge in [0.05, 0.1) is 11.4 Å². The number of hydrogen-bond acceptors (Lipinski definition) is 3. The van der Waals surface area contributed by atoms with Gasteiger partial charge in [-0.2, -0.15) is 0 Å². The molecule has 0 aliphatic carbocycles. The summed E-state index contributed by atoms with van der Waals surface area (Å²) in [6.07, 6.45) is 6.59. The zero-order chi connectivity index (χ0) is 12.8. The number of rotatable bonds is 4. The van der Waals surface area contributed by atoms with Gasteiger partial charge in [-0.3, -0.25) is 9.97 Å². The van der Waals surface area contributed by atoms with E-state index in [4.69, 9.17) is 0 Å². The Kier molecular flexibility index (Phi) is 4.00. The first-order valence-corrected chi connectivity index (χ1v) is 5.87. The van der Waals surface area contributed by atoms with Crippen LogP contribution >= 0.6 is 0 Å². The number of nitrogens with zero attached hydrogens (tertiary/aromatic N) is 2. The second-order valence-corrected chi connectivity index (χ2v) is 4.13. The first-order valence-electron chi connectivity index (χ1n) is 5.87. The highest BCUT2D eigenvalue weighted by Gasteiger charge is 2.02. The first-order chi connectivity index (χ1) is 8.79. The maximum absolute atomic E-state index is 10.1. The summed E-state index contributed by atoms with van der Waals surface area (Å²) in [7, 11) is 0. The predicted molar refractivity (Wildman–Crippen MR) is 70.8 cm³/mol. The zero-order valence-corrected chi connectivity index (χ0v) is 10.3. The predicted octanol–water partition coefficient (Wildman–Crippen LogP) is 2.77. The Morgan fingerprint density at radius 3 is 2.61 bits per heavy atom. The highest BCUT2D eigenvalue weighted by molar-refractivity contribution is 5.55. The van der Waals surface area contributed by atoms with Gasteiger partial charge >= 0.3 is 0 Å². The van der Waals surface area contributed by atoms with Crippen LogP contribution in [0.2, 0.25) is 0 Å². The van der Waals surface area contributed by atoms with Gasteiger partial charge in [-0.25, -0.2) is 4.79 Å². The van der Waals surface area contributed by atoms with Crippen molar-refractivity contribution in [1.82, 2.24) is 9.97 Å². The smallest absolute Gasteiger partial charge is 0.120 e. The van der Waals surface area contributed by atoms with Crippen molar-refractivity contribution in [3.8, 4) is 11.4 Å². The molecule has 3 nitrogen and oxygen atoms in total. The summed E-state index contributed by atoms with van der Waals surface area (Å²) in [5, 5.41) is 0. The second-order valence-electron chi connectivity index (χ2n) is 4.13. The monoisotopic (exact) mass is 238 g/mol. The van der Waals surface area contributed by atoms with Crippen molar-refractivity contribution in [3.63, 3.8) is 0 Å². The number of aryl methyl sites for hydroxylation is 2. The third kappa shape index (κ3) is 3.12. The molecule has 0 aromatic carbocycles. The van der Waals surface area contributed by atoms with Crippen molar-refractivity contribution in [2.45, 2.75) is 19.8 Å². The topological polar surface area (TPSA) is 42.9 Å². The molecule has 0 bridgehead atoms. The molecule has 2 aromatic heterocycles. The normalized spacial score (nSPS) is 9.83. The molecule has 18 heavy (non-hydrogen) atoms. The van der Waals surface area contributed by atoms with E-state index in [0.717, 1.165) is 28.9 Å². The van der Waals surface area contributed by atoms with Gasteiger partial charge in [-0.05, 0) is 55.2 Å². The first kappa shape index (κ1) is 12.2. The Morgan fingerprint density at radius 2 is 1.89 bits per heavy atom. The van der Waals surface area contributed by atoms with Crippen LogP contribution in [0, 0.1) is 6.92 Å². The highest BCUT2D eigenvalue weighted by Crippen LogP contribution is 2.17. The molecule has 0 unspecified atom stereocenters. The van der Waals surface area contributed by atoms with Crippen molar-refractivity contribution in [3.05, 3.63) is 53.9 Å². The lowest BCUT2D eigenvalue weighted by atomic mass is 10.1. The van der Waals surface area contributed by atoms with Crippen molar-refractivity contribution in [1.29, 1.82) is 0 Å². The standard InChI is InChI=1S/C15H14N2O/c1-12-5-7-16-14(10-12)15-11-13(6-8-17-15)4-2-3-9-18/h3,5-8,10-11H,2,4H2,1H3. The fourth-order valence-corrected chi connectivity index (χ4v) is 1.74. The summed E-state index contributed by atoms with van der Waals surface area (Å²) >= 11 is 0. The lowest BCUT2D eigenvalue weighted by Gasteiger charge is -2.03. The third-order valence-corrected chi connectivity index (χ3v) is 2.66. The molecule has 3 heteroatoms. The van der Waals surface area contributed by atoms with E-state index in [0.29, 0.717) is 6.42 Å². The molecular formula is C15H14N2O. The van der Waals surface area contributed by atoms with E-state index in [1.165, 1.54) is 6.08 Å². The summed E-state index contributed by atoms with van der Waals surface area (Å²) in [5.74, 6) is 1.79. The molecule has 2 heterocycles. The van der Waals surface area contributed by atoms with Crippen LogP contribution in [-0.2, 0) is 11.2 Å². The average molecular weight is 238 g/mol. The van der Waals surface area contributed by atoms with Crippen LogP contribution in [0.5, 0.6) is 0 Å². The van der Waals surface area contributed by atoms with Gasteiger partial charge in [0.2, 0.25) is 0 Å². The quantitative estimate of drug-likeness (QED) is 0.769. The number of pyridine rings is 2. The SMILES string of the molecule is Cc1ccnc(-c2cc(CCC=C=O)ccn2)c1. The summed E-state index contributed by atoms with van der Waals surface area (Å²) in [5.41, 5.74) is 4.06. The fourth-order valence-electron chi connectivity index (χ4n) is 1.74. The van der Waals surface area contributed by atoms with Crippen LogP contribution in [0.1, 0.15) is 17.5 Å². The van der Waals surface area contributed by atoms with Crippen LogP contribution in [0.25, 0.3) is 11.4 Å². The van der Waals surface area contributed by atoms with Gasteiger partial charge in [0.1, 0.15) is 5.94 Å². The van der Waals surface area contributed by atoms with E-state index < -0.39 is 0 Å². The molecule has 90 valence electrons. The van der Waals surface area contributed by atoms with Crippen molar-refractivity contribution in [2.75, 3.05) is 0 Å². The Hall–Kier alpha value is -2.25. The minimum Gasteiger partial charge on any atom is -0.255 e. The number of carbonyl (C=O) groups excluding carboxylic acids is 1. The molecule has 0 spiro atoms. The lowest BCUT2D eigenvalue weighted by molar-refractivity contribution is 0.568. The van der Waals surface area contributed by atoms with E-state index in [1.807, 2.05) is 31.2 Å². The Morgan fingerprint density at radius 1 is 1.17 bits per heavy atom. The molecule has 0 aliphatic rings. The largest absolute Gasteiger partial charge is 0.255 e. The molecular weight excluding hydrogens is 224 g/mol. The summed E-state index contributed by atoms with van der Waals surface area (Å²) in [6.45, 7) is 2.03. The van der Waals surface area contributed by atoms with Crippen molar-refractivity contribution < 1.29 is 4.79 Å². The summed E-state index contributed by atoms with van der Waals surface area (Å²) in [6, 6.07) is 7.94. The molecule has 0 saturated carbocycles. The van der Waals surface area contributed by atoms with E-state index in [1.54, 1.807) is 18.3 Å². The van der Waals surface area contributed by atoms with Gasteiger partial charge in [-0.1, -0.05) is 0 Å². The number of hydrogen-bond donors (Lipinski definition) is 0. The lowest BCUT2D eigenvalue weighted by Crippen LogP contribution is -1.91. The second kappa shape index (κ2) is 5.89. The van der Waals surface area contributed by atoms with Gasteiger partial charge in [-0.15, -0.1) is 0 Å². The van der Waals surface area contributed by atoms with Crippen LogP contribution < -0.4 is 0 Å². The molecule has 2 rings (SSSR count). The van der Waals surface area contributed by atoms with Gasteiger partial charge in [0.25, 0.3) is 0 Å². The maximum Gasteiger partial charge on any atom is 0.120 e. The Bertz CT molecular complexity index is 587. The molecule has 0 saturated heterocycles. The van der Waals surface area contributed by atoms with E-state index in [2.05, 4.69) is 9.97 Å². The van der Waals surface area contributed by atoms with Crippen molar-refractivity contribution in [2.24, 2.45) is 0 Å². The van der Waals surface area contributed by atoms with Gasteiger partial charge < -0.3 is 0 Å². The number of aromatic nitrogens is 2. The summed E-state index contributed by atoms with van der Waals surface area (Å²) in [4.78, 5) is 18.8. The van der Waals surface area contributed by atoms with E-state index in [-0.39, 0.29) is 0 Å². The van der Waals surface area contributed by atoms with E-state index >= 15 is 0 Å². The average Bonchev–Trinajstić information content (AvgIpc) is 2.39. The molecule has 0 amide bonds. The fraction of sp³-hybridized carbons (Fsp3) is 0.200. The molecule has 0 N–H and O–H groups in total. The van der Waals surface area contributed by atoms with Crippen LogP contribution in [0.3, 0.4) is 0 Å². The minimum absolute atomic E-state index is 0.703. The zero-order valence-electron chi connectivity index (χ0n) is 10.3. The number of allylic oxidation sites excluding steroid dienone is 1. The maximum atomic E-state index is 10.1. The Balaban J connectivity index is 2.24. The minimum atomic E-state index is 0.703. The molecule has 0 radical (unpaired) electrons. The van der Waals surface area contributed by atoms with E-state index in [9.17, 15) is 4.79 Å². The molecule has 0 atom stereocenters. The van der Waals surface area contributed by atoms with Crippen LogP contribution in [0.15, 0.2) is 42.7 Å². The van der Waals surface area contributed by atoms with Crippen LogP contribution in [-0.4, -0.2) is 15.9 Å². The third-order valence-electron chi connectivity index (χ3n) is 2.66. The Labute approximate surface area is 106 Å². The summed E-state index contributed by atoms with van der Waals surface area (Å²) < 4.78 is 0. The molecule has 0 aliphatic heterocycles. The highest BCUT2D eigenvalue weighted by atomic mass is 16.1. The molecule has 2 aromatic rings. The van der Waals surface area contributed by atoms with Crippen molar-refractivity contribution >= 4 is 5.94 Å². The van der Waals surface area contributed by atoms with Gasteiger partial charge in [0.15, 0.2) is 0 Å².